The molecule has 0 saturated carbocycles. The van der Waals surface area contributed by atoms with Gasteiger partial charge in [0.25, 0.3) is 0 Å². The van der Waals surface area contributed by atoms with Crippen LogP contribution in [0, 0.1) is 17.6 Å². The number of nitrogens with two attached hydrogens (primary N) is 1. The van der Waals surface area contributed by atoms with Gasteiger partial charge >= 0.3 is 0 Å². The summed E-state index contributed by atoms with van der Waals surface area (Å²) in [5.74, 6) is -0.680. The fourth-order valence-electron chi connectivity index (χ4n) is 2.07. The van der Waals surface area contributed by atoms with Crippen LogP contribution in [0.3, 0.4) is 0 Å². The molecule has 2 atom stereocenters. The standard InChI is InChI=1S/C14H22F2N2/c1-9(2)10(3)18(4)13(8-17)14-11(15)6-5-7-12(14)16/h5-7,9-10,13H,8,17H2,1-4H3. The third-order valence-corrected chi connectivity index (χ3v) is 3.66. The topological polar surface area (TPSA) is 29.3 Å². The van der Waals surface area contributed by atoms with Crippen LogP contribution in [0.15, 0.2) is 18.2 Å². The van der Waals surface area contributed by atoms with Crippen LogP contribution in [0.2, 0.25) is 0 Å². The van der Waals surface area contributed by atoms with Crippen molar-refractivity contribution in [3.8, 4) is 0 Å². The summed E-state index contributed by atoms with van der Waals surface area (Å²) < 4.78 is 27.6. The van der Waals surface area contributed by atoms with Crippen LogP contribution in [0.4, 0.5) is 8.78 Å². The van der Waals surface area contributed by atoms with Gasteiger partial charge in [0.15, 0.2) is 0 Å². The molecule has 0 aliphatic heterocycles. The van der Waals surface area contributed by atoms with Crippen LogP contribution in [0.1, 0.15) is 32.4 Å². The van der Waals surface area contributed by atoms with E-state index in [2.05, 4.69) is 13.8 Å². The van der Waals surface area contributed by atoms with Gasteiger partial charge in [-0.2, -0.15) is 0 Å². The SMILES string of the molecule is CC(C)C(C)N(C)C(CN)c1c(F)cccc1F. The molecule has 2 N–H and O–H groups in total. The Labute approximate surface area is 108 Å². The van der Waals surface area contributed by atoms with Crippen molar-refractivity contribution in [3.05, 3.63) is 35.4 Å². The molecule has 1 aromatic rings. The maximum absolute atomic E-state index is 13.8. The van der Waals surface area contributed by atoms with E-state index < -0.39 is 17.7 Å². The minimum Gasteiger partial charge on any atom is -0.329 e. The zero-order valence-electron chi connectivity index (χ0n) is 11.5. The Morgan fingerprint density at radius 1 is 1.17 bits per heavy atom. The van der Waals surface area contributed by atoms with Gasteiger partial charge in [-0.25, -0.2) is 8.78 Å². The lowest BCUT2D eigenvalue weighted by molar-refractivity contribution is 0.146. The molecule has 4 heteroatoms. The van der Waals surface area contributed by atoms with Gasteiger partial charge in [-0.1, -0.05) is 19.9 Å². The molecule has 0 radical (unpaired) electrons. The maximum Gasteiger partial charge on any atom is 0.130 e. The second kappa shape index (κ2) is 6.25. The van der Waals surface area contributed by atoms with E-state index in [0.717, 1.165) is 0 Å². The van der Waals surface area contributed by atoms with Gasteiger partial charge in [0.05, 0.1) is 6.04 Å². The van der Waals surface area contributed by atoms with Crippen molar-refractivity contribution >= 4 is 0 Å². The highest BCUT2D eigenvalue weighted by atomic mass is 19.1. The molecule has 0 amide bonds. The number of likely N-dealkylation sites (N-methyl/N-ethyl adjacent to an activating group) is 1. The Hall–Kier alpha value is -1.00. The Kier molecular flexibility index (Phi) is 5.23. The van der Waals surface area contributed by atoms with Gasteiger partial charge in [-0.15, -0.1) is 0 Å². The van der Waals surface area contributed by atoms with Crippen LogP contribution in [-0.4, -0.2) is 24.5 Å². The van der Waals surface area contributed by atoms with E-state index >= 15 is 0 Å². The van der Waals surface area contributed by atoms with E-state index in [1.54, 1.807) is 0 Å². The molecule has 0 spiro atoms. The fourth-order valence-corrected chi connectivity index (χ4v) is 2.07. The Morgan fingerprint density at radius 2 is 1.67 bits per heavy atom. The molecule has 0 saturated heterocycles. The summed E-state index contributed by atoms with van der Waals surface area (Å²) in [5.41, 5.74) is 5.77. The molecule has 0 bridgehead atoms. The Bertz CT molecular complexity index is 373. The maximum atomic E-state index is 13.8. The first kappa shape index (κ1) is 15.1. The average molecular weight is 256 g/mol. The number of rotatable bonds is 5. The highest BCUT2D eigenvalue weighted by Gasteiger charge is 2.26. The van der Waals surface area contributed by atoms with E-state index in [0.29, 0.717) is 5.92 Å². The van der Waals surface area contributed by atoms with E-state index in [1.807, 2.05) is 18.9 Å². The summed E-state index contributed by atoms with van der Waals surface area (Å²) in [5, 5.41) is 0. The summed E-state index contributed by atoms with van der Waals surface area (Å²) in [6.45, 7) is 6.37. The average Bonchev–Trinajstić information content (AvgIpc) is 2.32. The minimum atomic E-state index is -0.534. The molecular weight excluding hydrogens is 234 g/mol. The molecule has 0 fully saturated rings. The van der Waals surface area contributed by atoms with Crippen LogP contribution >= 0.6 is 0 Å². The zero-order chi connectivity index (χ0) is 13.9. The largest absolute Gasteiger partial charge is 0.329 e. The van der Waals surface area contributed by atoms with Crippen molar-refractivity contribution in [2.75, 3.05) is 13.6 Å². The molecule has 2 nitrogen and oxygen atoms in total. The van der Waals surface area contributed by atoms with Crippen LogP contribution in [-0.2, 0) is 0 Å². The second-order valence-electron chi connectivity index (χ2n) is 5.04. The molecule has 0 heterocycles. The second-order valence-corrected chi connectivity index (χ2v) is 5.04. The first-order chi connectivity index (χ1) is 8.40. The first-order valence-electron chi connectivity index (χ1n) is 6.26. The summed E-state index contributed by atoms with van der Waals surface area (Å²) in [6.07, 6.45) is 0. The monoisotopic (exact) mass is 256 g/mol. The summed E-state index contributed by atoms with van der Waals surface area (Å²) in [7, 11) is 1.86. The lowest BCUT2D eigenvalue weighted by Gasteiger charge is -2.35. The smallest absolute Gasteiger partial charge is 0.130 e. The lowest BCUT2D eigenvalue weighted by Crippen LogP contribution is -2.40. The number of halogens is 2. The van der Waals surface area contributed by atoms with Crippen molar-refractivity contribution in [2.45, 2.75) is 32.9 Å². The predicted octanol–water partition coefficient (Wildman–Crippen LogP) is 2.94. The third kappa shape index (κ3) is 3.06. The molecule has 0 aromatic heterocycles. The lowest BCUT2D eigenvalue weighted by atomic mass is 9.98. The molecule has 0 aliphatic carbocycles. The molecule has 102 valence electrons. The van der Waals surface area contributed by atoms with Crippen molar-refractivity contribution in [3.63, 3.8) is 0 Å². The molecule has 0 aliphatic rings. The van der Waals surface area contributed by atoms with Gasteiger partial charge in [-0.3, -0.25) is 4.90 Å². The first-order valence-corrected chi connectivity index (χ1v) is 6.26. The van der Waals surface area contributed by atoms with Crippen molar-refractivity contribution in [1.29, 1.82) is 0 Å². The quantitative estimate of drug-likeness (QED) is 0.877. The van der Waals surface area contributed by atoms with E-state index in [1.165, 1.54) is 18.2 Å². The van der Waals surface area contributed by atoms with Crippen molar-refractivity contribution < 1.29 is 8.78 Å². The van der Waals surface area contributed by atoms with Crippen LogP contribution in [0.5, 0.6) is 0 Å². The van der Waals surface area contributed by atoms with Gasteiger partial charge in [-0.05, 0) is 32.0 Å². The van der Waals surface area contributed by atoms with Gasteiger partial charge < -0.3 is 5.73 Å². The zero-order valence-corrected chi connectivity index (χ0v) is 11.5. The molecular formula is C14H22F2N2. The van der Waals surface area contributed by atoms with E-state index in [9.17, 15) is 8.78 Å². The number of benzene rings is 1. The highest BCUT2D eigenvalue weighted by molar-refractivity contribution is 5.24. The molecule has 18 heavy (non-hydrogen) atoms. The van der Waals surface area contributed by atoms with Crippen LogP contribution in [0.25, 0.3) is 0 Å². The number of hydrogen-bond acceptors (Lipinski definition) is 2. The normalized spacial score (nSPS) is 15.2. The molecule has 1 rings (SSSR count). The van der Waals surface area contributed by atoms with E-state index in [4.69, 9.17) is 5.73 Å². The van der Waals surface area contributed by atoms with E-state index in [-0.39, 0.29) is 18.2 Å². The summed E-state index contributed by atoms with van der Waals surface area (Å²) in [6, 6.07) is 3.67. The summed E-state index contributed by atoms with van der Waals surface area (Å²) >= 11 is 0. The predicted molar refractivity (Wildman–Crippen MR) is 70.2 cm³/mol. The minimum absolute atomic E-state index is 0.0648. The summed E-state index contributed by atoms with van der Waals surface area (Å²) in [4.78, 5) is 1.94. The van der Waals surface area contributed by atoms with Gasteiger partial charge in [0.2, 0.25) is 0 Å². The molecule has 2 unspecified atom stereocenters. The van der Waals surface area contributed by atoms with Crippen molar-refractivity contribution in [2.24, 2.45) is 11.7 Å². The highest BCUT2D eigenvalue weighted by Crippen LogP contribution is 2.27. The number of hydrogen-bond donors (Lipinski definition) is 1. The fraction of sp³-hybridized carbons (Fsp3) is 0.571. The van der Waals surface area contributed by atoms with Gasteiger partial charge in [0, 0.05) is 18.2 Å². The number of nitrogens with zero attached hydrogens (tertiary/aromatic N) is 1. The Balaban J connectivity index is 3.10. The van der Waals surface area contributed by atoms with Gasteiger partial charge in [0.1, 0.15) is 11.6 Å². The Morgan fingerprint density at radius 3 is 2.06 bits per heavy atom. The van der Waals surface area contributed by atoms with Crippen molar-refractivity contribution in [1.82, 2.24) is 4.90 Å². The third-order valence-electron chi connectivity index (χ3n) is 3.66. The molecule has 1 aromatic carbocycles. The van der Waals surface area contributed by atoms with Crippen LogP contribution < -0.4 is 5.73 Å².